The van der Waals surface area contributed by atoms with Gasteiger partial charge in [-0.2, -0.15) is 5.26 Å². The van der Waals surface area contributed by atoms with Crippen LogP contribution in [0, 0.1) is 30.6 Å². The van der Waals surface area contributed by atoms with Crippen LogP contribution in [0.1, 0.15) is 16.7 Å². The molecule has 0 aliphatic carbocycles. The number of nitriles is 1. The fourth-order valence-electron chi connectivity index (χ4n) is 1.24. The highest BCUT2D eigenvalue weighted by Gasteiger charge is 1.98. The predicted molar refractivity (Wildman–Crippen MR) is 56.4 cm³/mol. The summed E-state index contributed by atoms with van der Waals surface area (Å²) < 4.78 is 0. The van der Waals surface area contributed by atoms with Crippen LogP contribution in [0.4, 0.5) is 0 Å². The summed E-state index contributed by atoms with van der Waals surface area (Å²) >= 11 is 0. The van der Waals surface area contributed by atoms with Crippen LogP contribution < -0.4 is 5.32 Å². The van der Waals surface area contributed by atoms with E-state index in [9.17, 15) is 0 Å². The molecule has 70 valence electrons. The molecule has 0 aromatic heterocycles. The molecule has 2 nitrogen and oxygen atoms in total. The molecule has 14 heavy (non-hydrogen) atoms. The Morgan fingerprint density at radius 2 is 2.29 bits per heavy atom. The Bertz CT molecular complexity index is 394. The third-order valence-electron chi connectivity index (χ3n) is 1.97. The largest absolute Gasteiger partial charge is 0.302 e. The van der Waals surface area contributed by atoms with Crippen LogP contribution in [0.25, 0.3) is 0 Å². The fraction of sp³-hybridized carbons (Fsp3) is 0.250. The summed E-state index contributed by atoms with van der Waals surface area (Å²) in [5.74, 6) is 2.51. The Labute approximate surface area is 84.6 Å². The zero-order valence-corrected chi connectivity index (χ0v) is 8.17. The van der Waals surface area contributed by atoms with Gasteiger partial charge in [-0.15, -0.1) is 6.42 Å². The van der Waals surface area contributed by atoms with Crippen molar-refractivity contribution >= 4 is 0 Å². The zero-order valence-electron chi connectivity index (χ0n) is 8.17. The van der Waals surface area contributed by atoms with Gasteiger partial charge in [0, 0.05) is 6.54 Å². The van der Waals surface area contributed by atoms with E-state index in [1.165, 1.54) is 0 Å². The van der Waals surface area contributed by atoms with Crippen molar-refractivity contribution in [3.8, 4) is 18.4 Å². The van der Waals surface area contributed by atoms with Gasteiger partial charge in [-0.3, -0.25) is 0 Å². The van der Waals surface area contributed by atoms with Gasteiger partial charge in [-0.1, -0.05) is 18.1 Å². The van der Waals surface area contributed by atoms with Crippen LogP contribution in [0.3, 0.4) is 0 Å². The molecule has 0 aliphatic rings. The monoisotopic (exact) mass is 184 g/mol. The topological polar surface area (TPSA) is 35.8 Å². The average Bonchev–Trinajstić information content (AvgIpc) is 2.18. The lowest BCUT2D eigenvalue weighted by molar-refractivity contribution is 0.769. The van der Waals surface area contributed by atoms with Crippen LogP contribution in [0.2, 0.25) is 0 Å². The Kier molecular flexibility index (Phi) is 3.73. The summed E-state index contributed by atoms with van der Waals surface area (Å²) in [4.78, 5) is 0. The first kappa shape index (κ1) is 10.3. The van der Waals surface area contributed by atoms with E-state index >= 15 is 0 Å². The highest BCUT2D eigenvalue weighted by molar-refractivity contribution is 5.39. The minimum Gasteiger partial charge on any atom is -0.302 e. The van der Waals surface area contributed by atoms with Gasteiger partial charge in [0.1, 0.15) is 0 Å². The van der Waals surface area contributed by atoms with Crippen LogP contribution >= 0.6 is 0 Å². The summed E-state index contributed by atoms with van der Waals surface area (Å²) in [6, 6.07) is 7.91. The maximum atomic E-state index is 8.73. The molecule has 0 unspecified atom stereocenters. The first-order valence-corrected chi connectivity index (χ1v) is 4.41. The first-order valence-electron chi connectivity index (χ1n) is 4.41. The highest BCUT2D eigenvalue weighted by atomic mass is 14.8. The molecular weight excluding hydrogens is 172 g/mol. The zero-order chi connectivity index (χ0) is 10.4. The Morgan fingerprint density at radius 3 is 2.86 bits per heavy atom. The first-order chi connectivity index (χ1) is 6.77. The number of hydrogen-bond donors (Lipinski definition) is 1. The van der Waals surface area contributed by atoms with Crippen molar-refractivity contribution < 1.29 is 0 Å². The fourth-order valence-corrected chi connectivity index (χ4v) is 1.24. The lowest BCUT2D eigenvalue weighted by atomic mass is 10.1. The predicted octanol–water partition coefficient (Wildman–Crippen LogP) is 1.59. The number of benzene rings is 1. The molecule has 2 heteroatoms. The van der Waals surface area contributed by atoms with Gasteiger partial charge < -0.3 is 5.32 Å². The van der Waals surface area contributed by atoms with Crippen molar-refractivity contribution in [1.82, 2.24) is 5.32 Å². The molecule has 0 atom stereocenters. The molecule has 1 rings (SSSR count). The molecular formula is C12H12N2. The van der Waals surface area contributed by atoms with E-state index in [4.69, 9.17) is 11.7 Å². The van der Waals surface area contributed by atoms with E-state index in [1.807, 2.05) is 25.1 Å². The molecule has 0 amide bonds. The lowest BCUT2D eigenvalue weighted by Crippen LogP contribution is -2.13. The molecule has 1 aromatic rings. The van der Waals surface area contributed by atoms with Crippen molar-refractivity contribution in [2.75, 3.05) is 6.54 Å². The van der Waals surface area contributed by atoms with E-state index in [-0.39, 0.29) is 0 Å². The van der Waals surface area contributed by atoms with Crippen molar-refractivity contribution in [3.05, 3.63) is 34.9 Å². The molecule has 0 bridgehead atoms. The van der Waals surface area contributed by atoms with E-state index in [0.717, 1.165) is 23.2 Å². The van der Waals surface area contributed by atoms with Gasteiger partial charge in [0.05, 0.1) is 18.2 Å². The summed E-state index contributed by atoms with van der Waals surface area (Å²) in [7, 11) is 0. The molecule has 0 radical (unpaired) electrons. The quantitative estimate of drug-likeness (QED) is 0.572. The van der Waals surface area contributed by atoms with Crippen LogP contribution in [-0.4, -0.2) is 6.54 Å². The number of hydrogen-bond acceptors (Lipinski definition) is 2. The van der Waals surface area contributed by atoms with Crippen molar-refractivity contribution in [2.45, 2.75) is 13.5 Å². The molecule has 0 saturated carbocycles. The molecule has 1 aromatic carbocycles. The molecule has 0 saturated heterocycles. The molecule has 0 spiro atoms. The summed E-state index contributed by atoms with van der Waals surface area (Å²) in [5.41, 5.74) is 2.88. The highest BCUT2D eigenvalue weighted by Crippen LogP contribution is 2.09. The van der Waals surface area contributed by atoms with E-state index in [2.05, 4.69) is 17.3 Å². The minimum atomic E-state index is 0.569. The number of rotatable bonds is 3. The van der Waals surface area contributed by atoms with Gasteiger partial charge in [-0.05, 0) is 24.1 Å². The molecule has 0 fully saturated rings. The Hall–Kier alpha value is -1.77. The minimum absolute atomic E-state index is 0.569. The van der Waals surface area contributed by atoms with E-state index < -0.39 is 0 Å². The van der Waals surface area contributed by atoms with Crippen molar-refractivity contribution in [3.63, 3.8) is 0 Å². The third-order valence-corrected chi connectivity index (χ3v) is 1.97. The van der Waals surface area contributed by atoms with Gasteiger partial charge >= 0.3 is 0 Å². The Morgan fingerprint density at radius 1 is 1.50 bits per heavy atom. The lowest BCUT2D eigenvalue weighted by Gasteiger charge is -2.03. The second kappa shape index (κ2) is 5.07. The Balaban J connectivity index is 2.69. The van der Waals surface area contributed by atoms with Crippen molar-refractivity contribution in [1.29, 1.82) is 5.26 Å². The molecule has 0 heterocycles. The number of aryl methyl sites for hydroxylation is 1. The van der Waals surface area contributed by atoms with Crippen LogP contribution in [-0.2, 0) is 6.54 Å². The van der Waals surface area contributed by atoms with Gasteiger partial charge in [0.2, 0.25) is 0 Å². The smallest absolute Gasteiger partial charge is 0.0994 e. The van der Waals surface area contributed by atoms with Gasteiger partial charge in [0.25, 0.3) is 0 Å². The maximum Gasteiger partial charge on any atom is 0.0994 e. The number of nitrogens with one attached hydrogen (secondary N) is 1. The summed E-state index contributed by atoms with van der Waals surface area (Å²) in [5, 5.41) is 11.8. The number of terminal acetylenes is 1. The van der Waals surface area contributed by atoms with E-state index in [1.54, 1.807) is 0 Å². The number of nitrogens with zero attached hydrogens (tertiary/aromatic N) is 1. The van der Waals surface area contributed by atoms with Crippen molar-refractivity contribution in [2.24, 2.45) is 0 Å². The van der Waals surface area contributed by atoms with Gasteiger partial charge in [0.15, 0.2) is 0 Å². The van der Waals surface area contributed by atoms with E-state index in [0.29, 0.717) is 6.54 Å². The summed E-state index contributed by atoms with van der Waals surface area (Å²) in [6.45, 7) is 3.25. The third kappa shape index (κ3) is 2.62. The van der Waals surface area contributed by atoms with Crippen LogP contribution in [0.5, 0.6) is 0 Å². The average molecular weight is 184 g/mol. The van der Waals surface area contributed by atoms with Gasteiger partial charge in [-0.25, -0.2) is 0 Å². The second-order valence-electron chi connectivity index (χ2n) is 3.07. The molecule has 1 N–H and O–H groups in total. The normalized spacial score (nSPS) is 9.07. The molecule has 0 aliphatic heterocycles. The standard InChI is InChI=1S/C12H12N2/c1-3-6-14-9-11-4-5-12(8-13)10(2)7-11/h1,4-5,7,14H,6,9H2,2H3. The van der Waals surface area contributed by atoms with Crippen LogP contribution in [0.15, 0.2) is 18.2 Å². The SMILES string of the molecule is C#CCNCc1ccc(C#N)c(C)c1. The maximum absolute atomic E-state index is 8.73. The second-order valence-corrected chi connectivity index (χ2v) is 3.07. The summed E-state index contributed by atoms with van der Waals surface area (Å²) in [6.07, 6.45) is 5.11.